The van der Waals surface area contributed by atoms with E-state index in [9.17, 15) is 13.2 Å². The second-order valence-corrected chi connectivity index (χ2v) is 8.55. The average molecular weight is 541 g/mol. The highest BCUT2D eigenvalue weighted by Crippen LogP contribution is 2.26. The molecule has 0 fully saturated rings. The first kappa shape index (κ1) is 26.6. The van der Waals surface area contributed by atoms with Crippen LogP contribution in [-0.4, -0.2) is 39.6 Å². The predicted octanol–water partition coefficient (Wildman–Crippen LogP) is 5.78. The fourth-order valence-corrected chi connectivity index (χ4v) is 3.74. The topological polar surface area (TPSA) is 85.6 Å². The van der Waals surface area contributed by atoms with Crippen LogP contribution >= 0.6 is 12.2 Å². The Morgan fingerprint density at radius 1 is 1.00 bits per heavy atom. The summed E-state index contributed by atoms with van der Waals surface area (Å²) in [5.41, 5.74) is 7.80. The normalized spacial score (nSPS) is 11.4. The van der Waals surface area contributed by atoms with Gasteiger partial charge in [0.1, 0.15) is 17.8 Å². The van der Waals surface area contributed by atoms with Gasteiger partial charge in [-0.2, -0.15) is 5.10 Å². The summed E-state index contributed by atoms with van der Waals surface area (Å²) in [6.45, 7) is 3.93. The van der Waals surface area contributed by atoms with E-state index in [0.29, 0.717) is 16.6 Å². The number of benzene rings is 3. The molecule has 0 bridgehead atoms. The van der Waals surface area contributed by atoms with Crippen molar-refractivity contribution < 1.29 is 22.6 Å². The summed E-state index contributed by atoms with van der Waals surface area (Å²) in [6, 6.07) is 16.6. The lowest BCUT2D eigenvalue weighted by Gasteiger charge is -2.14. The molecule has 8 nitrogen and oxygen atoms in total. The standard InChI is InChI=1S/C26H23F3N6O2S/c1-16-12-22(36-3)13-17(2)23(16)32-25(38)33-31-14-18-4-6-19(7-5-18)24-30-15-35(34-24)20-8-10-21(11-9-20)37-26(27,28)29/h4-15H,1-3H3,(H2,32,33,38)/b31-14-. The Kier molecular flexibility index (Phi) is 7.91. The number of aromatic nitrogens is 3. The SMILES string of the molecule is COc1cc(C)c(NC(=S)N/N=C\c2ccc(-c3ncn(-c4ccc(OC(F)(F)F)cc4)n3)cc2)c(C)c1. The first-order chi connectivity index (χ1) is 18.1. The van der Waals surface area contributed by atoms with E-state index in [1.807, 2.05) is 50.2 Å². The molecule has 12 heteroatoms. The maximum Gasteiger partial charge on any atom is 0.573 e. The van der Waals surface area contributed by atoms with E-state index in [0.717, 1.165) is 33.7 Å². The van der Waals surface area contributed by atoms with Gasteiger partial charge in [0, 0.05) is 11.3 Å². The monoisotopic (exact) mass is 540 g/mol. The molecule has 0 atom stereocenters. The lowest BCUT2D eigenvalue weighted by Crippen LogP contribution is -2.24. The maximum absolute atomic E-state index is 12.3. The molecule has 0 amide bonds. The predicted molar refractivity (Wildman–Crippen MR) is 143 cm³/mol. The van der Waals surface area contributed by atoms with Gasteiger partial charge < -0.3 is 14.8 Å². The van der Waals surface area contributed by atoms with Crippen molar-refractivity contribution in [2.45, 2.75) is 20.2 Å². The van der Waals surface area contributed by atoms with Crippen molar-refractivity contribution >= 4 is 29.2 Å². The number of methoxy groups -OCH3 is 1. The van der Waals surface area contributed by atoms with Crippen LogP contribution in [0.5, 0.6) is 11.5 Å². The number of ether oxygens (including phenoxy) is 2. The van der Waals surface area contributed by atoms with Crippen molar-refractivity contribution in [2.24, 2.45) is 5.10 Å². The molecule has 0 saturated carbocycles. The molecule has 2 N–H and O–H groups in total. The van der Waals surface area contributed by atoms with E-state index >= 15 is 0 Å². The number of hydrogen-bond donors (Lipinski definition) is 2. The summed E-state index contributed by atoms with van der Waals surface area (Å²) in [5.74, 6) is 0.926. The van der Waals surface area contributed by atoms with Crippen molar-refractivity contribution in [3.05, 3.63) is 83.7 Å². The number of nitrogens with one attached hydrogen (secondary N) is 2. The number of alkyl halides is 3. The third-order valence-electron chi connectivity index (χ3n) is 5.36. The van der Waals surface area contributed by atoms with Crippen LogP contribution in [0.3, 0.4) is 0 Å². The second-order valence-electron chi connectivity index (χ2n) is 8.14. The number of halogens is 3. The molecular weight excluding hydrogens is 517 g/mol. The van der Waals surface area contributed by atoms with Gasteiger partial charge in [0.05, 0.1) is 19.0 Å². The van der Waals surface area contributed by atoms with Gasteiger partial charge in [-0.05, 0) is 79.2 Å². The maximum atomic E-state index is 12.3. The van der Waals surface area contributed by atoms with Gasteiger partial charge in [0.15, 0.2) is 10.9 Å². The number of aryl methyl sites for hydroxylation is 2. The molecule has 0 unspecified atom stereocenters. The van der Waals surface area contributed by atoms with Gasteiger partial charge in [0.2, 0.25) is 0 Å². The Balaban J connectivity index is 1.35. The molecule has 0 aliphatic heterocycles. The molecule has 0 spiro atoms. The minimum Gasteiger partial charge on any atom is -0.497 e. The molecule has 0 radical (unpaired) electrons. The molecular formula is C26H23F3N6O2S. The summed E-state index contributed by atoms with van der Waals surface area (Å²) in [7, 11) is 1.63. The summed E-state index contributed by atoms with van der Waals surface area (Å²) < 4.78 is 47.7. The quantitative estimate of drug-likeness (QED) is 0.175. The fourth-order valence-electron chi connectivity index (χ4n) is 3.58. The largest absolute Gasteiger partial charge is 0.573 e. The van der Waals surface area contributed by atoms with Crippen LogP contribution in [0.15, 0.2) is 72.1 Å². The number of anilines is 1. The van der Waals surface area contributed by atoms with Crippen molar-refractivity contribution in [2.75, 3.05) is 12.4 Å². The Labute approximate surface area is 222 Å². The second kappa shape index (κ2) is 11.3. The third kappa shape index (κ3) is 6.85. The molecule has 4 aromatic rings. The number of hydrazone groups is 1. The van der Waals surface area contributed by atoms with E-state index < -0.39 is 6.36 Å². The van der Waals surface area contributed by atoms with E-state index in [2.05, 4.69) is 30.7 Å². The minimum atomic E-state index is -4.74. The molecule has 196 valence electrons. The van der Waals surface area contributed by atoms with Gasteiger partial charge in [0.25, 0.3) is 0 Å². The molecule has 38 heavy (non-hydrogen) atoms. The van der Waals surface area contributed by atoms with Crippen molar-refractivity contribution in [3.8, 4) is 28.6 Å². The summed E-state index contributed by atoms with van der Waals surface area (Å²) in [4.78, 5) is 4.29. The first-order valence-electron chi connectivity index (χ1n) is 11.2. The lowest BCUT2D eigenvalue weighted by atomic mass is 10.1. The number of hydrogen-bond acceptors (Lipinski definition) is 6. The van der Waals surface area contributed by atoms with Gasteiger partial charge in [-0.25, -0.2) is 9.67 Å². The third-order valence-corrected chi connectivity index (χ3v) is 5.55. The summed E-state index contributed by atoms with van der Waals surface area (Å²) in [6.07, 6.45) is -1.64. The van der Waals surface area contributed by atoms with Crippen LogP contribution in [0, 0.1) is 13.8 Å². The molecule has 1 heterocycles. The van der Waals surface area contributed by atoms with Gasteiger partial charge in [-0.1, -0.05) is 24.3 Å². The van der Waals surface area contributed by atoms with Crippen LogP contribution in [0.1, 0.15) is 16.7 Å². The zero-order valence-corrected chi connectivity index (χ0v) is 21.4. The van der Waals surface area contributed by atoms with Crippen LogP contribution < -0.4 is 20.2 Å². The van der Waals surface area contributed by atoms with Gasteiger partial charge in [-0.15, -0.1) is 18.3 Å². The molecule has 3 aromatic carbocycles. The zero-order valence-electron chi connectivity index (χ0n) is 20.6. The van der Waals surface area contributed by atoms with Gasteiger partial charge in [-0.3, -0.25) is 5.43 Å². The average Bonchev–Trinajstić information content (AvgIpc) is 3.36. The highest BCUT2D eigenvalue weighted by atomic mass is 32.1. The Morgan fingerprint density at radius 2 is 1.66 bits per heavy atom. The van der Waals surface area contributed by atoms with E-state index in [-0.39, 0.29) is 5.75 Å². The smallest absolute Gasteiger partial charge is 0.497 e. The van der Waals surface area contributed by atoms with Crippen molar-refractivity contribution in [1.29, 1.82) is 0 Å². The molecule has 0 saturated heterocycles. The van der Waals surface area contributed by atoms with Crippen LogP contribution in [-0.2, 0) is 0 Å². The summed E-state index contributed by atoms with van der Waals surface area (Å²) >= 11 is 5.35. The highest BCUT2D eigenvalue weighted by molar-refractivity contribution is 7.80. The lowest BCUT2D eigenvalue weighted by molar-refractivity contribution is -0.274. The molecule has 0 aliphatic carbocycles. The van der Waals surface area contributed by atoms with Crippen LogP contribution in [0.25, 0.3) is 17.1 Å². The van der Waals surface area contributed by atoms with E-state index in [1.165, 1.54) is 35.3 Å². The Bertz CT molecular complexity index is 1430. The van der Waals surface area contributed by atoms with E-state index in [4.69, 9.17) is 17.0 Å². The van der Waals surface area contributed by atoms with E-state index in [1.54, 1.807) is 13.3 Å². The number of thiocarbonyl (C=S) groups is 1. The first-order valence-corrected chi connectivity index (χ1v) is 11.7. The van der Waals surface area contributed by atoms with Crippen LogP contribution in [0.2, 0.25) is 0 Å². The Hall–Kier alpha value is -4.45. The molecule has 4 rings (SSSR count). The zero-order chi connectivity index (χ0) is 27.3. The minimum absolute atomic E-state index is 0.309. The number of nitrogens with zero attached hydrogens (tertiary/aromatic N) is 4. The Morgan fingerprint density at radius 3 is 2.26 bits per heavy atom. The van der Waals surface area contributed by atoms with Crippen molar-refractivity contribution in [1.82, 2.24) is 20.2 Å². The molecule has 0 aliphatic rings. The molecule has 1 aromatic heterocycles. The fraction of sp³-hybridized carbons (Fsp3) is 0.154. The summed E-state index contributed by atoms with van der Waals surface area (Å²) in [5, 5.41) is 12.1. The van der Waals surface area contributed by atoms with Crippen LogP contribution in [0.4, 0.5) is 18.9 Å². The van der Waals surface area contributed by atoms with Crippen molar-refractivity contribution in [3.63, 3.8) is 0 Å². The van der Waals surface area contributed by atoms with Gasteiger partial charge >= 0.3 is 6.36 Å². The highest BCUT2D eigenvalue weighted by Gasteiger charge is 2.31. The number of rotatable bonds is 7.